The maximum atomic E-state index is 5.82. The van der Waals surface area contributed by atoms with Gasteiger partial charge >= 0.3 is 0 Å². The molecule has 3 N–H and O–H groups in total. The molecule has 1 aromatic carbocycles. The number of nitrogens with one attached hydrogen (secondary N) is 1. The van der Waals surface area contributed by atoms with E-state index in [0.717, 1.165) is 17.9 Å². The molecule has 0 saturated carbocycles. The van der Waals surface area contributed by atoms with E-state index in [1.807, 2.05) is 35.0 Å². The average molecular weight is 328 g/mol. The summed E-state index contributed by atoms with van der Waals surface area (Å²) < 4.78 is 7.78. The first-order valence-electron chi connectivity index (χ1n) is 6.99. The first-order chi connectivity index (χ1) is 11.3. The fraction of sp³-hybridized carbons (Fsp3) is 0.133. The first kappa shape index (κ1) is 15.0. The maximum absolute atomic E-state index is 5.82. The third kappa shape index (κ3) is 4.30. The lowest BCUT2D eigenvalue weighted by Crippen LogP contribution is -2.07. The molecule has 0 amide bonds. The van der Waals surface area contributed by atoms with Crippen molar-refractivity contribution in [3.8, 4) is 5.75 Å². The predicted octanol–water partition coefficient (Wildman–Crippen LogP) is 2.45. The van der Waals surface area contributed by atoms with Gasteiger partial charge in [0.1, 0.15) is 18.2 Å². The summed E-state index contributed by atoms with van der Waals surface area (Å²) >= 11 is 1.40. The van der Waals surface area contributed by atoms with E-state index in [0.29, 0.717) is 17.6 Å². The van der Waals surface area contributed by atoms with Gasteiger partial charge in [-0.2, -0.15) is 5.10 Å². The monoisotopic (exact) mass is 328 g/mol. The number of nitrogens with zero attached hydrogens (tertiary/aromatic N) is 4. The molecule has 0 bridgehead atoms. The van der Waals surface area contributed by atoms with E-state index < -0.39 is 0 Å². The minimum Gasteiger partial charge on any atom is -0.491 e. The number of nitrogen functional groups attached to an aromatic ring is 1. The number of hydrogen-bond donors (Lipinski definition) is 2. The Balaban J connectivity index is 1.58. The van der Waals surface area contributed by atoms with E-state index in [4.69, 9.17) is 10.5 Å². The topological polar surface area (TPSA) is 90.3 Å². The zero-order chi connectivity index (χ0) is 15.9. The number of hydrazone groups is 1. The summed E-state index contributed by atoms with van der Waals surface area (Å²) in [5, 5.41) is 6.57. The molecule has 118 valence electrons. The Morgan fingerprint density at radius 2 is 2.30 bits per heavy atom. The Kier molecular flexibility index (Phi) is 4.85. The molecule has 0 atom stereocenters. The van der Waals surface area contributed by atoms with Crippen molar-refractivity contribution in [2.75, 3.05) is 17.8 Å². The van der Waals surface area contributed by atoms with Gasteiger partial charge in [-0.25, -0.2) is 9.97 Å². The van der Waals surface area contributed by atoms with Crippen LogP contribution < -0.4 is 15.9 Å². The van der Waals surface area contributed by atoms with Crippen LogP contribution in [0.4, 0.5) is 10.9 Å². The molecule has 23 heavy (non-hydrogen) atoms. The van der Waals surface area contributed by atoms with Crippen molar-refractivity contribution >= 4 is 28.5 Å². The predicted molar refractivity (Wildman–Crippen MR) is 91.9 cm³/mol. The van der Waals surface area contributed by atoms with Crippen LogP contribution in [0.3, 0.4) is 0 Å². The third-order valence-corrected chi connectivity index (χ3v) is 3.74. The molecule has 0 aliphatic rings. The largest absolute Gasteiger partial charge is 0.491 e. The summed E-state index contributed by atoms with van der Waals surface area (Å²) in [5.41, 5.74) is 9.29. The summed E-state index contributed by atoms with van der Waals surface area (Å²) in [4.78, 5) is 8.07. The smallest absolute Gasteiger partial charge is 0.205 e. The van der Waals surface area contributed by atoms with Gasteiger partial charge in [0.25, 0.3) is 0 Å². The van der Waals surface area contributed by atoms with Gasteiger partial charge in [0.05, 0.1) is 19.1 Å². The van der Waals surface area contributed by atoms with Crippen molar-refractivity contribution in [3.63, 3.8) is 0 Å². The third-order valence-electron chi connectivity index (χ3n) is 2.97. The van der Waals surface area contributed by atoms with Gasteiger partial charge in [-0.15, -0.1) is 11.3 Å². The molecule has 0 aliphatic heterocycles. The lowest BCUT2D eigenvalue weighted by molar-refractivity contribution is 0.298. The Labute approximate surface area is 137 Å². The second kappa shape index (κ2) is 7.41. The van der Waals surface area contributed by atoms with E-state index >= 15 is 0 Å². The summed E-state index contributed by atoms with van der Waals surface area (Å²) in [7, 11) is 0. The zero-order valence-corrected chi connectivity index (χ0v) is 13.1. The van der Waals surface area contributed by atoms with Gasteiger partial charge in [-0.05, 0) is 12.1 Å². The van der Waals surface area contributed by atoms with E-state index in [2.05, 4.69) is 20.5 Å². The minimum absolute atomic E-state index is 0.482. The molecule has 0 saturated heterocycles. The number of rotatable bonds is 7. The second-order valence-electron chi connectivity index (χ2n) is 4.63. The van der Waals surface area contributed by atoms with Crippen LogP contribution in [0.5, 0.6) is 5.75 Å². The quantitative estimate of drug-likeness (QED) is 0.513. The number of ether oxygens (including phenoxy) is 1. The number of thiazole rings is 1. The lowest BCUT2D eigenvalue weighted by atomic mass is 10.2. The van der Waals surface area contributed by atoms with Crippen molar-refractivity contribution in [2.24, 2.45) is 5.10 Å². The molecule has 8 heteroatoms. The highest BCUT2D eigenvalue weighted by molar-refractivity contribution is 7.14. The number of benzene rings is 1. The van der Waals surface area contributed by atoms with E-state index in [1.165, 1.54) is 11.3 Å². The SMILES string of the molecule is Nc1csc(NN=Cc2ccccc2OCCn2ccnc2)n1. The molecule has 2 aromatic heterocycles. The van der Waals surface area contributed by atoms with Gasteiger partial charge in [0.2, 0.25) is 5.13 Å². The molecule has 3 aromatic rings. The molecule has 0 aliphatic carbocycles. The van der Waals surface area contributed by atoms with Crippen LogP contribution in [0.15, 0.2) is 53.5 Å². The van der Waals surface area contributed by atoms with Crippen molar-refractivity contribution in [1.82, 2.24) is 14.5 Å². The van der Waals surface area contributed by atoms with Crippen molar-refractivity contribution in [2.45, 2.75) is 6.54 Å². The summed E-state index contributed by atoms with van der Waals surface area (Å²) in [6.07, 6.45) is 7.11. The fourth-order valence-electron chi connectivity index (χ4n) is 1.89. The maximum Gasteiger partial charge on any atom is 0.205 e. The molecule has 0 spiro atoms. The lowest BCUT2D eigenvalue weighted by Gasteiger charge is -2.09. The van der Waals surface area contributed by atoms with Crippen LogP contribution >= 0.6 is 11.3 Å². The van der Waals surface area contributed by atoms with E-state index in [-0.39, 0.29) is 0 Å². The normalized spacial score (nSPS) is 11.0. The highest BCUT2D eigenvalue weighted by atomic mass is 32.1. The van der Waals surface area contributed by atoms with Gasteiger partial charge < -0.3 is 15.0 Å². The summed E-state index contributed by atoms with van der Waals surface area (Å²) in [5.74, 6) is 1.26. The molecule has 0 unspecified atom stereocenters. The van der Waals surface area contributed by atoms with Gasteiger partial charge in [0, 0.05) is 23.3 Å². The number of hydrogen-bond acceptors (Lipinski definition) is 7. The van der Waals surface area contributed by atoms with Crippen LogP contribution in [-0.2, 0) is 6.54 Å². The first-order valence-corrected chi connectivity index (χ1v) is 7.87. The molecule has 0 radical (unpaired) electrons. The number of anilines is 2. The average Bonchev–Trinajstić information content (AvgIpc) is 3.21. The molecule has 7 nitrogen and oxygen atoms in total. The number of imidazole rings is 1. The van der Waals surface area contributed by atoms with Crippen LogP contribution in [0.25, 0.3) is 0 Å². The van der Waals surface area contributed by atoms with Crippen LogP contribution in [0.1, 0.15) is 5.56 Å². The highest BCUT2D eigenvalue weighted by Gasteiger charge is 2.01. The second-order valence-corrected chi connectivity index (χ2v) is 5.49. The summed E-state index contributed by atoms with van der Waals surface area (Å²) in [6.45, 7) is 1.29. The molecule has 3 rings (SSSR count). The highest BCUT2D eigenvalue weighted by Crippen LogP contribution is 2.18. The number of para-hydroxylation sites is 1. The van der Waals surface area contributed by atoms with Gasteiger partial charge in [-0.3, -0.25) is 5.43 Å². The van der Waals surface area contributed by atoms with E-state index in [1.54, 1.807) is 24.1 Å². The summed E-state index contributed by atoms with van der Waals surface area (Å²) in [6, 6.07) is 7.72. The molecular formula is C15H16N6OS. The Bertz CT molecular complexity index is 768. The van der Waals surface area contributed by atoms with Crippen molar-refractivity contribution in [1.29, 1.82) is 0 Å². The van der Waals surface area contributed by atoms with Gasteiger partial charge in [0.15, 0.2) is 0 Å². The molecule has 2 heterocycles. The Hall–Kier alpha value is -2.87. The zero-order valence-electron chi connectivity index (χ0n) is 12.3. The standard InChI is InChI=1S/C15H16N6OS/c16-14-10-23-15(19-14)20-18-9-12-3-1-2-4-13(12)22-8-7-21-6-5-17-11-21/h1-6,9-11H,7-8,16H2,(H,19,20). The van der Waals surface area contributed by atoms with Crippen molar-refractivity contribution in [3.05, 3.63) is 53.9 Å². The minimum atomic E-state index is 0.482. The van der Waals surface area contributed by atoms with Crippen molar-refractivity contribution < 1.29 is 4.74 Å². The van der Waals surface area contributed by atoms with Crippen LogP contribution in [0.2, 0.25) is 0 Å². The van der Waals surface area contributed by atoms with Crippen LogP contribution in [0, 0.1) is 0 Å². The van der Waals surface area contributed by atoms with E-state index in [9.17, 15) is 0 Å². The Morgan fingerprint density at radius 3 is 3.09 bits per heavy atom. The number of nitrogens with two attached hydrogens (primary N) is 1. The number of aromatic nitrogens is 3. The van der Waals surface area contributed by atoms with Gasteiger partial charge in [-0.1, -0.05) is 12.1 Å². The molecule has 0 fully saturated rings. The Morgan fingerprint density at radius 1 is 1.39 bits per heavy atom. The fourth-order valence-corrected chi connectivity index (χ4v) is 2.44. The van der Waals surface area contributed by atoms with Crippen LogP contribution in [-0.4, -0.2) is 27.4 Å². The molecular weight excluding hydrogens is 312 g/mol.